The molecule has 0 bridgehead atoms. The maximum absolute atomic E-state index is 12.9. The zero-order chi connectivity index (χ0) is 20.4. The Balaban J connectivity index is 2.15. The van der Waals surface area contributed by atoms with Crippen molar-refractivity contribution in [2.45, 2.75) is 38.8 Å². The van der Waals surface area contributed by atoms with Crippen LogP contribution in [0.1, 0.15) is 38.7 Å². The van der Waals surface area contributed by atoms with Gasteiger partial charge in [0.05, 0.1) is 13.2 Å². The lowest BCUT2D eigenvalue weighted by molar-refractivity contribution is -0.141. The molecule has 0 saturated carbocycles. The first-order chi connectivity index (χ1) is 13.5. The van der Waals surface area contributed by atoms with E-state index in [1.807, 2.05) is 32.0 Å². The highest BCUT2D eigenvalue weighted by Gasteiger charge is 2.36. The van der Waals surface area contributed by atoms with Gasteiger partial charge in [-0.1, -0.05) is 43.7 Å². The van der Waals surface area contributed by atoms with Crippen LogP contribution in [0.5, 0.6) is 0 Å². The molecule has 1 heterocycles. The van der Waals surface area contributed by atoms with Gasteiger partial charge in [0.1, 0.15) is 5.92 Å². The highest BCUT2D eigenvalue weighted by atomic mass is 16.5. The van der Waals surface area contributed by atoms with E-state index in [0.29, 0.717) is 51.1 Å². The molecular formula is C21H33N3O4. The van der Waals surface area contributed by atoms with Gasteiger partial charge in [-0.05, 0) is 13.3 Å². The third-order valence-electron chi connectivity index (χ3n) is 5.04. The molecule has 0 spiro atoms. The largest absolute Gasteiger partial charge is 0.379 e. The molecule has 28 heavy (non-hydrogen) atoms. The molecule has 2 amide bonds. The molecule has 0 aliphatic carbocycles. The van der Waals surface area contributed by atoms with E-state index in [-0.39, 0.29) is 5.91 Å². The maximum atomic E-state index is 12.9. The third-order valence-corrected chi connectivity index (χ3v) is 5.04. The fraction of sp³-hybridized carbons (Fsp3) is 0.619. The molecule has 1 aliphatic heterocycles. The van der Waals surface area contributed by atoms with Crippen molar-refractivity contribution in [3.63, 3.8) is 0 Å². The van der Waals surface area contributed by atoms with Gasteiger partial charge in [0.2, 0.25) is 11.8 Å². The van der Waals surface area contributed by atoms with Crippen molar-refractivity contribution in [2.75, 3.05) is 39.4 Å². The van der Waals surface area contributed by atoms with Crippen molar-refractivity contribution in [3.8, 4) is 0 Å². The van der Waals surface area contributed by atoms with E-state index in [9.17, 15) is 14.7 Å². The van der Waals surface area contributed by atoms with Gasteiger partial charge in [-0.25, -0.2) is 0 Å². The lowest BCUT2D eigenvalue weighted by atomic mass is 9.95. The number of hydrogen-bond donors (Lipinski definition) is 3. The van der Waals surface area contributed by atoms with Gasteiger partial charge in [-0.3, -0.25) is 14.5 Å². The van der Waals surface area contributed by atoms with Gasteiger partial charge in [0.15, 0.2) is 5.72 Å². The summed E-state index contributed by atoms with van der Waals surface area (Å²) in [6.45, 7) is 7.79. The molecule has 0 aromatic heterocycles. The normalized spacial score (nSPS) is 18.1. The van der Waals surface area contributed by atoms with E-state index >= 15 is 0 Å². The van der Waals surface area contributed by atoms with Crippen LogP contribution in [0.2, 0.25) is 0 Å². The first kappa shape index (κ1) is 22.3. The molecule has 2 atom stereocenters. The van der Waals surface area contributed by atoms with Crippen LogP contribution in [0.3, 0.4) is 0 Å². The summed E-state index contributed by atoms with van der Waals surface area (Å²) < 4.78 is 5.37. The first-order valence-corrected chi connectivity index (χ1v) is 10.2. The lowest BCUT2D eigenvalue weighted by Gasteiger charge is -2.34. The fourth-order valence-electron chi connectivity index (χ4n) is 3.40. The van der Waals surface area contributed by atoms with Crippen LogP contribution in [-0.4, -0.2) is 61.2 Å². The SMILES string of the molecule is CCCC(C(=O)NCC)C(=O)N[C@](O)(CCN1CCOCC1)c1ccccc1. The molecule has 7 heteroatoms. The van der Waals surface area contributed by atoms with Crippen molar-refractivity contribution in [3.05, 3.63) is 35.9 Å². The summed E-state index contributed by atoms with van der Waals surface area (Å²) in [6, 6.07) is 9.10. The molecule has 156 valence electrons. The number of nitrogens with one attached hydrogen (secondary N) is 2. The number of benzene rings is 1. The topological polar surface area (TPSA) is 90.9 Å². The van der Waals surface area contributed by atoms with Gasteiger partial charge in [-0.15, -0.1) is 0 Å². The molecule has 1 aliphatic rings. The predicted octanol–water partition coefficient (Wildman–Crippen LogP) is 1.22. The van der Waals surface area contributed by atoms with Crippen molar-refractivity contribution in [1.82, 2.24) is 15.5 Å². The van der Waals surface area contributed by atoms with Crippen molar-refractivity contribution >= 4 is 11.8 Å². The molecule has 2 rings (SSSR count). The van der Waals surface area contributed by atoms with E-state index in [4.69, 9.17) is 4.74 Å². The molecule has 1 aromatic rings. The van der Waals surface area contributed by atoms with Crippen molar-refractivity contribution in [2.24, 2.45) is 5.92 Å². The second-order valence-corrected chi connectivity index (χ2v) is 7.16. The highest BCUT2D eigenvalue weighted by molar-refractivity contribution is 6.00. The maximum Gasteiger partial charge on any atom is 0.235 e. The summed E-state index contributed by atoms with van der Waals surface area (Å²) in [5.74, 6) is -1.56. The minimum atomic E-state index is -1.53. The van der Waals surface area contributed by atoms with Crippen LogP contribution in [0.25, 0.3) is 0 Å². The number of carbonyl (C=O) groups is 2. The van der Waals surface area contributed by atoms with Crippen LogP contribution in [0.15, 0.2) is 30.3 Å². The van der Waals surface area contributed by atoms with Crippen LogP contribution < -0.4 is 10.6 Å². The highest BCUT2D eigenvalue weighted by Crippen LogP contribution is 2.24. The number of nitrogens with zero attached hydrogens (tertiary/aromatic N) is 1. The van der Waals surface area contributed by atoms with E-state index in [2.05, 4.69) is 15.5 Å². The Bertz CT molecular complexity index is 619. The van der Waals surface area contributed by atoms with Crippen LogP contribution in [0.4, 0.5) is 0 Å². The standard InChI is InChI=1S/C21H33N3O4/c1-3-8-18(19(25)22-4-2)20(26)23-21(27,17-9-6-5-7-10-17)11-12-24-13-15-28-16-14-24/h5-7,9-10,18,27H,3-4,8,11-16H2,1-2H3,(H,22,25)(H,23,26)/t18?,21-/m0/s1. The molecule has 3 N–H and O–H groups in total. The molecule has 0 radical (unpaired) electrons. The molecular weight excluding hydrogens is 358 g/mol. The fourth-order valence-corrected chi connectivity index (χ4v) is 3.40. The summed E-state index contributed by atoms with van der Waals surface area (Å²) in [5.41, 5.74) is -0.919. The number of morpholine rings is 1. The van der Waals surface area contributed by atoms with E-state index in [1.165, 1.54) is 0 Å². The predicted molar refractivity (Wildman–Crippen MR) is 107 cm³/mol. The molecule has 1 saturated heterocycles. The van der Waals surface area contributed by atoms with Gasteiger partial charge in [-0.2, -0.15) is 0 Å². The molecule has 1 aromatic carbocycles. The quantitative estimate of drug-likeness (QED) is 0.412. The first-order valence-electron chi connectivity index (χ1n) is 10.2. The number of carbonyl (C=O) groups excluding carboxylic acids is 2. The second-order valence-electron chi connectivity index (χ2n) is 7.16. The second kappa shape index (κ2) is 11.1. The molecule has 1 fully saturated rings. The van der Waals surface area contributed by atoms with E-state index in [0.717, 1.165) is 13.1 Å². The Labute approximate surface area is 167 Å². The number of ether oxygens (including phenoxy) is 1. The van der Waals surface area contributed by atoms with Crippen LogP contribution >= 0.6 is 0 Å². The minimum absolute atomic E-state index is 0.301. The van der Waals surface area contributed by atoms with Crippen molar-refractivity contribution in [1.29, 1.82) is 0 Å². The number of aliphatic hydroxyl groups is 1. The molecule has 7 nitrogen and oxygen atoms in total. The summed E-state index contributed by atoms with van der Waals surface area (Å²) >= 11 is 0. The number of hydrogen-bond acceptors (Lipinski definition) is 5. The average Bonchev–Trinajstić information content (AvgIpc) is 2.72. The molecule has 1 unspecified atom stereocenters. The zero-order valence-electron chi connectivity index (χ0n) is 16.9. The van der Waals surface area contributed by atoms with Crippen LogP contribution in [-0.2, 0) is 20.1 Å². The Morgan fingerprint density at radius 3 is 2.46 bits per heavy atom. The minimum Gasteiger partial charge on any atom is -0.379 e. The Morgan fingerprint density at radius 1 is 1.18 bits per heavy atom. The Kier molecular flexibility index (Phi) is 8.89. The zero-order valence-corrected chi connectivity index (χ0v) is 16.9. The number of amides is 2. The van der Waals surface area contributed by atoms with Gasteiger partial charge in [0.25, 0.3) is 0 Å². The van der Waals surface area contributed by atoms with Gasteiger partial charge >= 0.3 is 0 Å². The monoisotopic (exact) mass is 391 g/mol. The number of rotatable bonds is 10. The summed E-state index contributed by atoms with van der Waals surface area (Å²) in [6.07, 6.45) is 1.47. The third kappa shape index (κ3) is 6.29. The summed E-state index contributed by atoms with van der Waals surface area (Å²) in [5, 5.41) is 16.9. The van der Waals surface area contributed by atoms with E-state index in [1.54, 1.807) is 12.1 Å². The van der Waals surface area contributed by atoms with Gasteiger partial charge in [0, 0.05) is 38.2 Å². The van der Waals surface area contributed by atoms with Crippen molar-refractivity contribution < 1.29 is 19.4 Å². The van der Waals surface area contributed by atoms with E-state index < -0.39 is 17.6 Å². The van der Waals surface area contributed by atoms with Gasteiger partial charge < -0.3 is 20.5 Å². The smallest absolute Gasteiger partial charge is 0.235 e. The summed E-state index contributed by atoms with van der Waals surface area (Å²) in [7, 11) is 0. The Hall–Kier alpha value is -1.96. The Morgan fingerprint density at radius 2 is 1.86 bits per heavy atom. The summed E-state index contributed by atoms with van der Waals surface area (Å²) in [4.78, 5) is 27.5. The average molecular weight is 392 g/mol. The lowest BCUT2D eigenvalue weighted by Crippen LogP contribution is -2.52. The van der Waals surface area contributed by atoms with Crippen LogP contribution in [0, 0.1) is 5.92 Å².